The zero-order chi connectivity index (χ0) is 12.3. The molecule has 2 saturated heterocycles. The Morgan fingerprint density at radius 1 is 1.17 bits per heavy atom. The topological polar surface area (TPSA) is 40.6 Å². The minimum Gasteiger partial charge on any atom is -0.292 e. The van der Waals surface area contributed by atoms with Crippen LogP contribution in [0.2, 0.25) is 0 Å². The monoisotopic (exact) mass is 292 g/mol. The van der Waals surface area contributed by atoms with Crippen LogP contribution in [0.25, 0.3) is 0 Å². The van der Waals surface area contributed by atoms with Crippen molar-refractivity contribution in [3.63, 3.8) is 0 Å². The molecule has 0 unspecified atom stereocenters. The quantitative estimate of drug-likeness (QED) is 0.711. The highest BCUT2D eigenvalue weighted by molar-refractivity contribution is 7.88. The van der Waals surface area contributed by atoms with Crippen LogP contribution >= 0.6 is 12.4 Å². The van der Waals surface area contributed by atoms with Gasteiger partial charge in [0.2, 0.25) is 10.0 Å². The van der Waals surface area contributed by atoms with Crippen LogP contribution in [-0.2, 0) is 10.0 Å². The largest absolute Gasteiger partial charge is 0.292 e. The van der Waals surface area contributed by atoms with Gasteiger partial charge in [0, 0.05) is 6.54 Å². The fourth-order valence-electron chi connectivity index (χ4n) is 2.50. The summed E-state index contributed by atoms with van der Waals surface area (Å²) in [5.74, 6) is 6.26. The van der Waals surface area contributed by atoms with Gasteiger partial charge in [0.25, 0.3) is 0 Å². The van der Waals surface area contributed by atoms with Gasteiger partial charge < -0.3 is 0 Å². The summed E-state index contributed by atoms with van der Waals surface area (Å²) in [4.78, 5) is 2.33. The van der Waals surface area contributed by atoms with Crippen LogP contribution in [0.15, 0.2) is 0 Å². The molecule has 0 aromatic rings. The van der Waals surface area contributed by atoms with Crippen molar-refractivity contribution in [1.29, 1.82) is 0 Å². The maximum atomic E-state index is 11.5. The molecule has 0 aromatic heterocycles. The Bertz CT molecular complexity index is 421. The molecule has 6 heteroatoms. The fraction of sp³-hybridized carbons (Fsp3) is 0.833. The predicted molar refractivity (Wildman–Crippen MR) is 75.3 cm³/mol. The van der Waals surface area contributed by atoms with Gasteiger partial charge in [-0.15, -0.1) is 12.4 Å². The summed E-state index contributed by atoms with van der Waals surface area (Å²) in [5.41, 5.74) is 0. The smallest absolute Gasteiger partial charge is 0.212 e. The fourth-order valence-corrected chi connectivity index (χ4v) is 3.58. The van der Waals surface area contributed by atoms with Crippen molar-refractivity contribution in [3.05, 3.63) is 0 Å². The lowest BCUT2D eigenvalue weighted by atomic mass is 10.2. The first-order valence-electron chi connectivity index (χ1n) is 6.25. The van der Waals surface area contributed by atoms with Gasteiger partial charge in [-0.25, -0.2) is 8.42 Å². The molecule has 0 spiro atoms. The minimum atomic E-state index is -3.08. The highest BCUT2D eigenvalue weighted by Gasteiger charge is 2.29. The van der Waals surface area contributed by atoms with Crippen molar-refractivity contribution >= 4 is 22.4 Å². The Labute approximate surface area is 116 Å². The van der Waals surface area contributed by atoms with E-state index in [9.17, 15) is 8.42 Å². The van der Waals surface area contributed by atoms with Gasteiger partial charge >= 0.3 is 0 Å². The lowest BCUT2D eigenvalue weighted by molar-refractivity contribution is 0.382. The Morgan fingerprint density at radius 2 is 1.83 bits per heavy atom. The first-order chi connectivity index (χ1) is 8.07. The number of hydrogen-bond donors (Lipinski definition) is 0. The van der Waals surface area contributed by atoms with Crippen molar-refractivity contribution in [1.82, 2.24) is 9.21 Å². The number of likely N-dealkylation sites (tertiary alicyclic amines) is 1. The summed E-state index contributed by atoms with van der Waals surface area (Å²) in [6, 6.07) is -0.0902. The van der Waals surface area contributed by atoms with Crippen LogP contribution < -0.4 is 0 Å². The molecule has 0 saturated carbocycles. The van der Waals surface area contributed by atoms with E-state index in [0.29, 0.717) is 6.54 Å². The Hall–Kier alpha value is -0.280. The maximum absolute atomic E-state index is 11.5. The normalized spacial score (nSPS) is 25.5. The molecule has 4 nitrogen and oxygen atoms in total. The van der Waals surface area contributed by atoms with Gasteiger partial charge in [-0.3, -0.25) is 4.90 Å². The summed E-state index contributed by atoms with van der Waals surface area (Å²) in [6.45, 7) is 3.68. The molecule has 2 rings (SSSR count). The van der Waals surface area contributed by atoms with Gasteiger partial charge in [0.15, 0.2) is 0 Å². The van der Waals surface area contributed by atoms with E-state index in [1.807, 2.05) is 0 Å². The molecule has 0 bridgehead atoms. The van der Waals surface area contributed by atoms with E-state index in [-0.39, 0.29) is 18.4 Å². The van der Waals surface area contributed by atoms with Crippen LogP contribution in [0, 0.1) is 11.8 Å². The summed E-state index contributed by atoms with van der Waals surface area (Å²) >= 11 is 0. The minimum absolute atomic E-state index is 0. The van der Waals surface area contributed by atoms with Crippen LogP contribution in [0.3, 0.4) is 0 Å². The highest BCUT2D eigenvalue weighted by Crippen LogP contribution is 2.19. The Kier molecular flexibility index (Phi) is 5.93. The maximum Gasteiger partial charge on any atom is 0.212 e. The molecule has 0 aliphatic carbocycles. The standard InChI is InChI=1S/C12H20N2O2S.ClH/c1-17(15,16)14-11-5-7-12(14)6-4-10-13-8-2-3-9-13;/h12H,2-3,5,7-11H2,1H3;1H/t12-;/m0./s1. The lowest BCUT2D eigenvalue weighted by Gasteiger charge is -2.17. The summed E-state index contributed by atoms with van der Waals surface area (Å²) in [7, 11) is -3.08. The van der Waals surface area contributed by atoms with E-state index in [0.717, 1.165) is 32.5 Å². The zero-order valence-corrected chi connectivity index (χ0v) is 12.4. The zero-order valence-electron chi connectivity index (χ0n) is 10.8. The molecule has 2 heterocycles. The van der Waals surface area contributed by atoms with Gasteiger partial charge in [-0.2, -0.15) is 4.31 Å². The van der Waals surface area contributed by atoms with E-state index < -0.39 is 10.0 Å². The van der Waals surface area contributed by atoms with Crippen molar-refractivity contribution in [2.75, 3.05) is 32.4 Å². The van der Waals surface area contributed by atoms with Crippen molar-refractivity contribution in [3.8, 4) is 11.8 Å². The predicted octanol–water partition coefficient (Wildman–Crippen LogP) is 0.931. The van der Waals surface area contributed by atoms with Gasteiger partial charge in [-0.05, 0) is 38.8 Å². The number of halogens is 1. The average molecular weight is 293 g/mol. The summed E-state index contributed by atoms with van der Waals surface area (Å²) in [5, 5.41) is 0. The van der Waals surface area contributed by atoms with E-state index in [4.69, 9.17) is 0 Å². The van der Waals surface area contributed by atoms with Crippen molar-refractivity contribution in [2.24, 2.45) is 0 Å². The molecule has 0 amide bonds. The lowest BCUT2D eigenvalue weighted by Crippen LogP contribution is -2.33. The Morgan fingerprint density at radius 3 is 2.44 bits per heavy atom. The SMILES string of the molecule is CS(=O)(=O)N1CCC[C@@H]1C#CCN1CCCC1.Cl. The summed E-state index contributed by atoms with van der Waals surface area (Å²) in [6.07, 6.45) is 5.60. The van der Waals surface area contributed by atoms with E-state index in [2.05, 4.69) is 16.7 Å². The molecule has 0 aromatic carbocycles. The van der Waals surface area contributed by atoms with E-state index in [1.54, 1.807) is 0 Å². The molecular formula is C12H21ClN2O2S. The molecule has 2 fully saturated rings. The molecular weight excluding hydrogens is 272 g/mol. The van der Waals surface area contributed by atoms with Crippen molar-refractivity contribution in [2.45, 2.75) is 31.7 Å². The third kappa shape index (κ3) is 4.13. The second-order valence-corrected chi connectivity index (χ2v) is 6.77. The third-order valence-corrected chi connectivity index (χ3v) is 4.69. The first kappa shape index (κ1) is 15.8. The second-order valence-electron chi connectivity index (χ2n) is 4.84. The molecule has 104 valence electrons. The average Bonchev–Trinajstić information content (AvgIpc) is 2.86. The Balaban J connectivity index is 0.00000162. The van der Waals surface area contributed by atoms with Crippen molar-refractivity contribution < 1.29 is 8.42 Å². The third-order valence-electron chi connectivity index (χ3n) is 3.40. The second kappa shape index (κ2) is 6.76. The van der Waals surface area contributed by atoms with E-state index in [1.165, 1.54) is 23.4 Å². The molecule has 2 aliphatic heterocycles. The van der Waals surface area contributed by atoms with Crippen LogP contribution in [0.1, 0.15) is 25.7 Å². The number of hydrogen-bond acceptors (Lipinski definition) is 3. The molecule has 1 atom stereocenters. The molecule has 2 aliphatic rings. The van der Waals surface area contributed by atoms with Gasteiger partial charge in [0.1, 0.15) is 0 Å². The molecule has 0 radical (unpaired) electrons. The summed E-state index contributed by atoms with van der Waals surface area (Å²) < 4.78 is 24.6. The van der Waals surface area contributed by atoms with Crippen LogP contribution in [0.4, 0.5) is 0 Å². The number of nitrogens with zero attached hydrogens (tertiary/aromatic N) is 2. The molecule has 0 N–H and O–H groups in total. The van der Waals surface area contributed by atoms with Crippen LogP contribution in [0.5, 0.6) is 0 Å². The first-order valence-corrected chi connectivity index (χ1v) is 8.10. The number of sulfonamides is 1. The van der Waals surface area contributed by atoms with Gasteiger partial charge in [0.05, 0.1) is 18.8 Å². The number of rotatable bonds is 2. The van der Waals surface area contributed by atoms with Crippen LogP contribution in [-0.4, -0.2) is 56.1 Å². The molecule has 18 heavy (non-hydrogen) atoms. The van der Waals surface area contributed by atoms with Gasteiger partial charge in [-0.1, -0.05) is 11.8 Å². The van der Waals surface area contributed by atoms with E-state index >= 15 is 0 Å². The highest BCUT2D eigenvalue weighted by atomic mass is 35.5.